The molecule has 0 unspecified atom stereocenters. The van der Waals surface area contributed by atoms with E-state index in [0.29, 0.717) is 36.3 Å². The number of nitrogens with two attached hydrogens (primary N) is 1. The van der Waals surface area contributed by atoms with Gasteiger partial charge < -0.3 is 25.5 Å². The number of anilines is 1. The summed E-state index contributed by atoms with van der Waals surface area (Å²) in [7, 11) is 0. The molecular weight excluding hydrogens is 402 g/mol. The Labute approximate surface area is 157 Å². The van der Waals surface area contributed by atoms with Crippen LogP contribution >= 0.6 is 15.9 Å². The van der Waals surface area contributed by atoms with Gasteiger partial charge >= 0.3 is 0 Å². The lowest BCUT2D eigenvalue weighted by molar-refractivity contribution is -0.127. The molecule has 0 radical (unpaired) electrons. The first-order valence-electron chi connectivity index (χ1n) is 8.26. The Hall–Kier alpha value is -2.46. The van der Waals surface area contributed by atoms with Crippen molar-refractivity contribution in [3.63, 3.8) is 0 Å². The number of aromatic amines is 1. The van der Waals surface area contributed by atoms with Gasteiger partial charge in [-0.3, -0.25) is 4.79 Å². The van der Waals surface area contributed by atoms with Crippen LogP contribution in [-0.2, 0) is 11.3 Å². The van der Waals surface area contributed by atoms with Crippen LogP contribution in [0.3, 0.4) is 0 Å². The van der Waals surface area contributed by atoms with Crippen molar-refractivity contribution in [2.75, 3.05) is 18.0 Å². The second kappa shape index (κ2) is 6.69. The van der Waals surface area contributed by atoms with Gasteiger partial charge in [0.1, 0.15) is 22.4 Å². The molecule has 4 rings (SSSR count). The Balaban J connectivity index is 1.40. The highest BCUT2D eigenvalue weighted by Gasteiger charge is 2.38. The summed E-state index contributed by atoms with van der Waals surface area (Å²) in [5, 5.41) is 7.53. The first-order chi connectivity index (χ1) is 12.5. The highest BCUT2D eigenvalue weighted by molar-refractivity contribution is 9.10. The SMILES string of the molecule is NC1(C(=O)NCc2cc(Br)no2)CCN(c2ncnc3[nH]ccc23)CC1. The third-order valence-electron chi connectivity index (χ3n) is 4.69. The van der Waals surface area contributed by atoms with Crippen molar-refractivity contribution in [2.24, 2.45) is 5.73 Å². The molecule has 4 N–H and O–H groups in total. The third kappa shape index (κ3) is 3.17. The van der Waals surface area contributed by atoms with Crippen molar-refractivity contribution in [2.45, 2.75) is 24.9 Å². The lowest BCUT2D eigenvalue weighted by Crippen LogP contribution is -2.59. The van der Waals surface area contributed by atoms with Gasteiger partial charge in [-0.05, 0) is 34.8 Å². The van der Waals surface area contributed by atoms with E-state index in [-0.39, 0.29) is 12.5 Å². The van der Waals surface area contributed by atoms with Crippen molar-refractivity contribution in [3.8, 4) is 0 Å². The number of nitrogens with zero attached hydrogens (tertiary/aromatic N) is 4. The smallest absolute Gasteiger partial charge is 0.240 e. The maximum atomic E-state index is 12.6. The topological polar surface area (TPSA) is 126 Å². The summed E-state index contributed by atoms with van der Waals surface area (Å²) in [5.74, 6) is 1.26. The summed E-state index contributed by atoms with van der Waals surface area (Å²) in [5.41, 5.74) is 6.27. The van der Waals surface area contributed by atoms with Gasteiger partial charge in [0.15, 0.2) is 5.76 Å². The van der Waals surface area contributed by atoms with E-state index < -0.39 is 5.54 Å². The number of halogens is 1. The molecule has 10 heteroatoms. The molecule has 136 valence electrons. The van der Waals surface area contributed by atoms with E-state index in [0.717, 1.165) is 16.9 Å². The van der Waals surface area contributed by atoms with Crippen LogP contribution < -0.4 is 16.0 Å². The fourth-order valence-corrected chi connectivity index (χ4v) is 3.50. The van der Waals surface area contributed by atoms with Gasteiger partial charge in [-0.2, -0.15) is 0 Å². The van der Waals surface area contributed by atoms with E-state index in [2.05, 4.69) is 46.3 Å². The zero-order valence-electron chi connectivity index (χ0n) is 13.9. The molecule has 3 aromatic rings. The Morgan fingerprint density at radius 3 is 2.96 bits per heavy atom. The molecule has 0 bridgehead atoms. The largest absolute Gasteiger partial charge is 0.358 e. The van der Waals surface area contributed by atoms with Gasteiger partial charge in [0.2, 0.25) is 5.91 Å². The molecule has 0 aromatic carbocycles. The molecule has 1 amide bonds. The number of piperidine rings is 1. The minimum absolute atomic E-state index is 0.181. The number of hydrogen-bond acceptors (Lipinski definition) is 7. The Bertz CT molecular complexity index is 929. The van der Waals surface area contributed by atoms with Crippen molar-refractivity contribution in [1.82, 2.24) is 25.4 Å². The lowest BCUT2D eigenvalue weighted by atomic mass is 9.87. The summed E-state index contributed by atoms with van der Waals surface area (Å²) < 4.78 is 5.66. The monoisotopic (exact) mass is 419 g/mol. The van der Waals surface area contributed by atoms with E-state index in [1.54, 1.807) is 12.4 Å². The van der Waals surface area contributed by atoms with Gasteiger partial charge in [0.25, 0.3) is 0 Å². The summed E-state index contributed by atoms with van der Waals surface area (Å²) >= 11 is 3.21. The van der Waals surface area contributed by atoms with Crippen LogP contribution in [0.1, 0.15) is 18.6 Å². The molecule has 0 spiro atoms. The van der Waals surface area contributed by atoms with Gasteiger partial charge in [0.05, 0.1) is 17.5 Å². The number of amides is 1. The maximum Gasteiger partial charge on any atom is 0.240 e. The highest BCUT2D eigenvalue weighted by atomic mass is 79.9. The minimum atomic E-state index is -0.905. The maximum absolute atomic E-state index is 12.6. The van der Waals surface area contributed by atoms with Crippen LogP contribution in [0.5, 0.6) is 0 Å². The molecule has 1 aliphatic heterocycles. The number of carbonyl (C=O) groups is 1. The summed E-state index contributed by atoms with van der Waals surface area (Å²) in [6, 6.07) is 3.67. The van der Waals surface area contributed by atoms with E-state index in [9.17, 15) is 4.79 Å². The third-order valence-corrected chi connectivity index (χ3v) is 5.07. The number of carbonyl (C=O) groups excluding carboxylic acids is 1. The molecular formula is C16H18BrN7O2. The standard InChI is InChI=1S/C16H18BrN7O2/c17-12-7-10(26-23-12)8-20-15(25)16(18)2-5-24(6-3-16)14-11-1-4-19-13(11)21-9-22-14/h1,4,7,9H,2-3,5-6,8,18H2,(H,20,25)(H,19,21,22). The van der Waals surface area contributed by atoms with E-state index >= 15 is 0 Å². The molecule has 0 aliphatic carbocycles. The van der Waals surface area contributed by atoms with Gasteiger partial charge in [-0.1, -0.05) is 5.16 Å². The highest BCUT2D eigenvalue weighted by Crippen LogP contribution is 2.28. The number of fused-ring (bicyclic) bond motifs is 1. The van der Waals surface area contributed by atoms with E-state index in [4.69, 9.17) is 10.3 Å². The van der Waals surface area contributed by atoms with Crippen molar-refractivity contribution in [3.05, 3.63) is 35.0 Å². The minimum Gasteiger partial charge on any atom is -0.358 e. The second-order valence-corrected chi connectivity index (χ2v) is 7.19. The molecule has 3 aromatic heterocycles. The first kappa shape index (κ1) is 17.0. The summed E-state index contributed by atoms with van der Waals surface area (Å²) in [6.07, 6.45) is 4.46. The normalized spacial score (nSPS) is 16.8. The van der Waals surface area contributed by atoms with Crippen molar-refractivity contribution < 1.29 is 9.32 Å². The Morgan fingerprint density at radius 1 is 1.42 bits per heavy atom. The summed E-state index contributed by atoms with van der Waals surface area (Å²) in [4.78, 5) is 26.4. The number of H-pyrrole nitrogens is 1. The van der Waals surface area contributed by atoms with Crippen molar-refractivity contribution >= 4 is 38.7 Å². The molecule has 0 atom stereocenters. The molecule has 1 fully saturated rings. The van der Waals surface area contributed by atoms with Crippen LogP contribution in [0, 0.1) is 0 Å². The number of rotatable bonds is 4. The predicted octanol–water partition coefficient (Wildman–Crippen LogP) is 1.32. The predicted molar refractivity (Wildman–Crippen MR) is 98.3 cm³/mol. The molecule has 4 heterocycles. The Morgan fingerprint density at radius 2 is 2.23 bits per heavy atom. The van der Waals surface area contributed by atoms with Gasteiger partial charge in [-0.25, -0.2) is 9.97 Å². The van der Waals surface area contributed by atoms with Gasteiger partial charge in [0, 0.05) is 25.4 Å². The number of hydrogen-bond donors (Lipinski definition) is 3. The molecule has 1 aliphatic rings. The molecule has 0 saturated carbocycles. The lowest BCUT2D eigenvalue weighted by Gasteiger charge is -2.38. The number of aromatic nitrogens is 4. The van der Waals surface area contributed by atoms with E-state index in [1.165, 1.54) is 0 Å². The second-order valence-electron chi connectivity index (χ2n) is 6.38. The molecule has 26 heavy (non-hydrogen) atoms. The Kier molecular flexibility index (Phi) is 4.37. The molecule has 9 nitrogen and oxygen atoms in total. The average molecular weight is 420 g/mol. The van der Waals surface area contributed by atoms with Crippen LogP contribution in [0.2, 0.25) is 0 Å². The summed E-state index contributed by atoms with van der Waals surface area (Å²) in [6.45, 7) is 1.56. The van der Waals surface area contributed by atoms with Gasteiger partial charge in [-0.15, -0.1) is 0 Å². The van der Waals surface area contributed by atoms with Crippen LogP contribution in [0.15, 0.2) is 33.8 Å². The van der Waals surface area contributed by atoms with E-state index in [1.807, 2.05) is 12.3 Å². The number of nitrogens with one attached hydrogen (secondary N) is 2. The quantitative estimate of drug-likeness (QED) is 0.581. The van der Waals surface area contributed by atoms with Crippen LogP contribution in [-0.4, -0.2) is 44.6 Å². The zero-order chi connectivity index (χ0) is 18.1. The van der Waals surface area contributed by atoms with Crippen LogP contribution in [0.25, 0.3) is 11.0 Å². The zero-order valence-corrected chi connectivity index (χ0v) is 15.5. The first-order valence-corrected chi connectivity index (χ1v) is 9.06. The molecule has 1 saturated heterocycles. The van der Waals surface area contributed by atoms with Crippen molar-refractivity contribution in [1.29, 1.82) is 0 Å². The fraction of sp³-hybridized carbons (Fsp3) is 0.375. The van der Waals surface area contributed by atoms with Crippen LogP contribution in [0.4, 0.5) is 5.82 Å². The fourth-order valence-electron chi connectivity index (χ4n) is 3.17. The average Bonchev–Trinajstić information content (AvgIpc) is 3.28.